The van der Waals surface area contributed by atoms with Gasteiger partial charge in [-0.3, -0.25) is 14.5 Å². The fourth-order valence-electron chi connectivity index (χ4n) is 1.05. The lowest BCUT2D eigenvalue weighted by molar-refractivity contribution is -0.136. The van der Waals surface area contributed by atoms with Gasteiger partial charge in [0.2, 0.25) is 0 Å². The Hall–Kier alpha value is -1.59. The molecule has 0 aromatic carbocycles. The molecule has 15 heavy (non-hydrogen) atoms. The van der Waals surface area contributed by atoms with Crippen molar-refractivity contribution in [3.63, 3.8) is 0 Å². The molecule has 6 nitrogen and oxygen atoms in total. The summed E-state index contributed by atoms with van der Waals surface area (Å²) in [6.45, 7) is 4.75. The largest absolute Gasteiger partial charge is 0.444 e. The van der Waals surface area contributed by atoms with E-state index < -0.39 is 23.5 Å². The molecular weight excluding hydrogens is 200 g/mol. The summed E-state index contributed by atoms with van der Waals surface area (Å²) in [6, 6.07) is 0. The van der Waals surface area contributed by atoms with Gasteiger partial charge in [-0.25, -0.2) is 4.79 Å². The van der Waals surface area contributed by atoms with Crippen LogP contribution >= 0.6 is 0 Å². The van der Waals surface area contributed by atoms with Gasteiger partial charge in [-0.15, -0.1) is 0 Å². The van der Waals surface area contributed by atoms with Gasteiger partial charge in [0.25, 0.3) is 11.8 Å². The Labute approximate surface area is 87.6 Å². The third-order valence-corrected chi connectivity index (χ3v) is 1.55. The predicted molar refractivity (Wildman–Crippen MR) is 50.0 cm³/mol. The quantitative estimate of drug-likeness (QED) is 0.526. The molecule has 1 heterocycles. The number of hydrogen-bond donors (Lipinski definition) is 0. The van der Waals surface area contributed by atoms with E-state index >= 15 is 0 Å². The molecule has 0 N–H and O–H groups in total. The number of ether oxygens (including phenoxy) is 1. The lowest BCUT2D eigenvalue weighted by Crippen LogP contribution is -2.51. The van der Waals surface area contributed by atoms with Gasteiger partial charge in [0.1, 0.15) is 18.7 Å². The van der Waals surface area contributed by atoms with Gasteiger partial charge in [-0.1, -0.05) is 0 Å². The second-order valence-electron chi connectivity index (χ2n) is 4.24. The zero-order valence-electron chi connectivity index (χ0n) is 8.94. The maximum Gasteiger partial charge on any atom is 0.411 e. The van der Waals surface area contributed by atoms with Gasteiger partial charge in [0.15, 0.2) is 0 Å². The van der Waals surface area contributed by atoms with Crippen molar-refractivity contribution in [2.45, 2.75) is 26.4 Å². The van der Waals surface area contributed by atoms with E-state index in [0.717, 1.165) is 4.90 Å². The molecule has 83 valence electrons. The van der Waals surface area contributed by atoms with Crippen molar-refractivity contribution < 1.29 is 19.1 Å². The van der Waals surface area contributed by atoms with Crippen LogP contribution < -0.4 is 5.32 Å². The van der Waals surface area contributed by atoms with Crippen LogP contribution in [0.3, 0.4) is 0 Å². The van der Waals surface area contributed by atoms with Crippen molar-refractivity contribution in [3.8, 4) is 0 Å². The topological polar surface area (TPSA) is 77.8 Å². The van der Waals surface area contributed by atoms with E-state index in [0.29, 0.717) is 0 Å². The summed E-state index contributed by atoms with van der Waals surface area (Å²) in [4.78, 5) is 34.3. The number of amides is 3. The Kier molecular flexibility index (Phi) is 2.97. The van der Waals surface area contributed by atoms with E-state index in [4.69, 9.17) is 4.74 Å². The number of hydrogen-bond acceptors (Lipinski definition) is 4. The van der Waals surface area contributed by atoms with E-state index in [9.17, 15) is 14.4 Å². The first kappa shape index (κ1) is 11.5. The highest BCUT2D eigenvalue weighted by Crippen LogP contribution is 2.10. The number of imide groups is 1. The first-order chi connectivity index (χ1) is 6.78. The smallest absolute Gasteiger partial charge is 0.411 e. The van der Waals surface area contributed by atoms with E-state index in [1.807, 2.05) is 0 Å². The summed E-state index contributed by atoms with van der Waals surface area (Å²) >= 11 is 0. The molecule has 1 fully saturated rings. The molecule has 0 aromatic heterocycles. The number of nitrogens with zero attached hydrogens (tertiary/aromatic N) is 2. The van der Waals surface area contributed by atoms with Crippen LogP contribution in [0.4, 0.5) is 4.79 Å². The molecule has 6 heteroatoms. The molecule has 0 aliphatic carbocycles. The van der Waals surface area contributed by atoms with Crippen molar-refractivity contribution >= 4 is 17.9 Å². The maximum absolute atomic E-state index is 11.5. The summed E-state index contributed by atoms with van der Waals surface area (Å²) in [5.74, 6) is -1.23. The van der Waals surface area contributed by atoms with Crippen molar-refractivity contribution in [2.24, 2.45) is 0 Å². The van der Waals surface area contributed by atoms with Crippen LogP contribution in [0.15, 0.2) is 0 Å². The van der Waals surface area contributed by atoms with E-state index in [1.165, 1.54) is 0 Å². The average Bonchev–Trinajstić information content (AvgIpc) is 1.98. The minimum absolute atomic E-state index is 0.194. The SMILES string of the molecule is CC(C)(C)OC(=O)N1CC(=O)[N]C(=O)C1. The first-order valence-electron chi connectivity index (χ1n) is 4.53. The van der Waals surface area contributed by atoms with Crippen LogP contribution in [0.5, 0.6) is 0 Å². The van der Waals surface area contributed by atoms with Gasteiger partial charge in [0, 0.05) is 0 Å². The number of rotatable bonds is 0. The molecule has 0 atom stereocenters. The zero-order chi connectivity index (χ0) is 11.6. The summed E-state index contributed by atoms with van der Waals surface area (Å²) < 4.78 is 5.01. The normalized spacial score (nSPS) is 17.4. The third kappa shape index (κ3) is 3.57. The van der Waals surface area contributed by atoms with Crippen LogP contribution in [0.2, 0.25) is 0 Å². The average molecular weight is 213 g/mol. The maximum atomic E-state index is 11.5. The minimum atomic E-state index is -0.667. The molecule has 0 aromatic rings. The Morgan fingerprint density at radius 3 is 2.13 bits per heavy atom. The molecule has 0 bridgehead atoms. The fourth-order valence-corrected chi connectivity index (χ4v) is 1.05. The van der Waals surface area contributed by atoms with Crippen molar-refractivity contribution in [1.29, 1.82) is 0 Å². The molecular formula is C9H13N2O4. The lowest BCUT2D eigenvalue weighted by Gasteiger charge is -2.27. The molecule has 0 unspecified atom stereocenters. The Morgan fingerprint density at radius 1 is 1.27 bits per heavy atom. The fraction of sp³-hybridized carbons (Fsp3) is 0.667. The summed E-state index contributed by atoms with van der Waals surface area (Å²) in [7, 11) is 0. The first-order valence-corrected chi connectivity index (χ1v) is 4.53. The Balaban J connectivity index is 2.60. The van der Waals surface area contributed by atoms with Crippen LogP contribution in [-0.4, -0.2) is 41.5 Å². The summed E-state index contributed by atoms with van der Waals surface area (Å²) in [6.07, 6.45) is -0.667. The molecule has 1 aliphatic heterocycles. The van der Waals surface area contributed by atoms with Gasteiger partial charge >= 0.3 is 6.09 Å². The standard InChI is InChI=1S/C9H13N2O4/c1-9(2,3)15-8(14)11-4-6(12)10-7(13)5-11/h4-5H2,1-3H3. The highest BCUT2D eigenvalue weighted by molar-refractivity contribution is 6.01. The molecule has 1 aliphatic rings. The second-order valence-corrected chi connectivity index (χ2v) is 4.24. The predicted octanol–water partition coefficient (Wildman–Crippen LogP) is -0.105. The van der Waals surface area contributed by atoms with Gasteiger partial charge < -0.3 is 4.74 Å². The van der Waals surface area contributed by atoms with Crippen LogP contribution in [0, 0.1) is 0 Å². The van der Waals surface area contributed by atoms with Crippen molar-refractivity contribution in [3.05, 3.63) is 0 Å². The van der Waals surface area contributed by atoms with Crippen LogP contribution in [0.25, 0.3) is 0 Å². The van der Waals surface area contributed by atoms with Gasteiger partial charge in [-0.05, 0) is 20.8 Å². The molecule has 1 radical (unpaired) electrons. The number of piperazine rings is 1. The summed E-state index contributed by atoms with van der Waals surface area (Å²) in [5.41, 5.74) is -0.641. The minimum Gasteiger partial charge on any atom is -0.444 e. The Bertz CT molecular complexity index is 290. The molecule has 0 spiro atoms. The van der Waals surface area contributed by atoms with E-state index in [2.05, 4.69) is 5.32 Å². The number of carbonyl (C=O) groups is 3. The zero-order valence-corrected chi connectivity index (χ0v) is 8.94. The lowest BCUT2D eigenvalue weighted by atomic mass is 10.2. The van der Waals surface area contributed by atoms with Crippen molar-refractivity contribution in [1.82, 2.24) is 10.2 Å². The molecule has 1 saturated heterocycles. The van der Waals surface area contributed by atoms with E-state index in [-0.39, 0.29) is 13.1 Å². The molecule has 1 rings (SSSR count). The van der Waals surface area contributed by atoms with Crippen molar-refractivity contribution in [2.75, 3.05) is 13.1 Å². The summed E-state index contributed by atoms with van der Waals surface area (Å²) in [5, 5.41) is 3.18. The van der Waals surface area contributed by atoms with Crippen LogP contribution in [-0.2, 0) is 14.3 Å². The monoisotopic (exact) mass is 213 g/mol. The highest BCUT2D eigenvalue weighted by Gasteiger charge is 2.30. The van der Waals surface area contributed by atoms with E-state index in [1.54, 1.807) is 20.8 Å². The van der Waals surface area contributed by atoms with Gasteiger partial charge in [0.05, 0.1) is 0 Å². The molecule has 0 saturated carbocycles. The Morgan fingerprint density at radius 2 is 1.73 bits per heavy atom. The van der Waals surface area contributed by atoms with Gasteiger partial charge in [-0.2, -0.15) is 5.32 Å². The highest BCUT2D eigenvalue weighted by atomic mass is 16.6. The number of carbonyl (C=O) groups excluding carboxylic acids is 3. The third-order valence-electron chi connectivity index (χ3n) is 1.55. The van der Waals surface area contributed by atoms with Crippen LogP contribution in [0.1, 0.15) is 20.8 Å². The molecule has 3 amide bonds. The second kappa shape index (κ2) is 3.88.